The number of nitrogens with one attached hydrogen (secondary N) is 1. The molecule has 0 saturated heterocycles. The minimum Gasteiger partial charge on any atom is -0.393 e. The first-order valence-electron chi connectivity index (χ1n) is 7.99. The van der Waals surface area contributed by atoms with Crippen molar-refractivity contribution in [1.29, 1.82) is 0 Å². The highest BCUT2D eigenvalue weighted by Crippen LogP contribution is 2.38. The van der Waals surface area contributed by atoms with Gasteiger partial charge >= 0.3 is 0 Å². The summed E-state index contributed by atoms with van der Waals surface area (Å²) < 4.78 is 0. The van der Waals surface area contributed by atoms with Crippen molar-refractivity contribution in [3.05, 3.63) is 42.1 Å². The third-order valence-electron chi connectivity index (χ3n) is 4.39. The average Bonchev–Trinajstić information content (AvgIpc) is 2.50. The number of hydrogen-bond acceptors (Lipinski definition) is 3. The molecule has 1 saturated carbocycles. The number of hydrogen-bond donors (Lipinski definition) is 2. The molecule has 0 radical (unpaired) electrons. The first kappa shape index (κ1) is 15.0. The van der Waals surface area contributed by atoms with Crippen LogP contribution >= 0.6 is 0 Å². The Kier molecular flexibility index (Phi) is 4.39. The Morgan fingerprint density at radius 1 is 1.41 bits per heavy atom. The number of para-hydroxylation sites is 1. The molecule has 1 aliphatic carbocycles. The summed E-state index contributed by atoms with van der Waals surface area (Å²) in [5, 5.41) is 13.8. The molecule has 1 aromatic heterocycles. The number of benzene rings is 1. The van der Waals surface area contributed by atoms with Crippen molar-refractivity contribution in [3.63, 3.8) is 0 Å². The van der Waals surface area contributed by atoms with Gasteiger partial charge in [-0.3, -0.25) is 9.78 Å². The molecule has 3 rings (SSSR count). The molecule has 1 amide bonds. The first-order chi connectivity index (χ1) is 10.7. The van der Waals surface area contributed by atoms with Gasteiger partial charge in [-0.1, -0.05) is 25.1 Å². The maximum Gasteiger partial charge on any atom is 0.220 e. The van der Waals surface area contributed by atoms with Gasteiger partial charge < -0.3 is 10.4 Å². The molecule has 116 valence electrons. The number of pyridine rings is 1. The zero-order valence-electron chi connectivity index (χ0n) is 12.8. The number of fused-ring (bicyclic) bond motifs is 1. The van der Waals surface area contributed by atoms with Gasteiger partial charge in [-0.15, -0.1) is 0 Å². The quantitative estimate of drug-likeness (QED) is 0.892. The number of aliphatic hydroxyl groups is 1. The van der Waals surface area contributed by atoms with Crippen LogP contribution in [0.1, 0.15) is 44.2 Å². The fourth-order valence-corrected chi connectivity index (χ4v) is 3.11. The highest BCUT2D eigenvalue weighted by molar-refractivity contribution is 5.79. The molecule has 0 spiro atoms. The van der Waals surface area contributed by atoms with Crippen LogP contribution in [0.2, 0.25) is 0 Å². The summed E-state index contributed by atoms with van der Waals surface area (Å²) in [6.07, 6.45) is 4.47. The van der Waals surface area contributed by atoms with Crippen molar-refractivity contribution in [1.82, 2.24) is 10.3 Å². The topological polar surface area (TPSA) is 62.2 Å². The number of amides is 1. The molecule has 4 heteroatoms. The molecule has 1 heterocycles. The van der Waals surface area contributed by atoms with Crippen molar-refractivity contribution in [2.24, 2.45) is 5.92 Å². The van der Waals surface area contributed by atoms with E-state index in [1.807, 2.05) is 37.4 Å². The summed E-state index contributed by atoms with van der Waals surface area (Å²) >= 11 is 0. The molecule has 0 bridgehead atoms. The second kappa shape index (κ2) is 6.44. The van der Waals surface area contributed by atoms with Gasteiger partial charge in [0, 0.05) is 18.0 Å². The van der Waals surface area contributed by atoms with Crippen molar-refractivity contribution in [2.45, 2.75) is 44.8 Å². The van der Waals surface area contributed by atoms with Crippen LogP contribution in [0.15, 0.2) is 36.5 Å². The van der Waals surface area contributed by atoms with Crippen molar-refractivity contribution < 1.29 is 9.90 Å². The summed E-state index contributed by atoms with van der Waals surface area (Å²) in [5.41, 5.74) is 1.98. The number of nitrogens with zero attached hydrogens (tertiary/aromatic N) is 1. The Morgan fingerprint density at radius 2 is 2.18 bits per heavy atom. The van der Waals surface area contributed by atoms with E-state index in [1.54, 1.807) is 0 Å². The molecule has 0 aliphatic heterocycles. The van der Waals surface area contributed by atoms with Gasteiger partial charge in [-0.25, -0.2) is 0 Å². The molecule has 1 aliphatic rings. The van der Waals surface area contributed by atoms with Crippen molar-refractivity contribution in [3.8, 4) is 0 Å². The lowest BCUT2D eigenvalue weighted by Crippen LogP contribution is -2.41. The smallest absolute Gasteiger partial charge is 0.220 e. The standard InChI is InChI=1S/C18H22N2O2/c1-2-5-17(22)20-18(13-9-15(21)10-13)14-8-12-6-3-4-7-16(12)19-11-14/h3-4,6-8,11,13,15,18,21H,2,5,9-10H2,1H3,(H,20,22). The van der Waals surface area contributed by atoms with Crippen LogP contribution in [0.5, 0.6) is 0 Å². The number of aromatic nitrogens is 1. The van der Waals surface area contributed by atoms with Crippen LogP contribution in [0.4, 0.5) is 0 Å². The fraction of sp³-hybridized carbons (Fsp3) is 0.444. The van der Waals surface area contributed by atoms with Gasteiger partial charge in [-0.05, 0) is 42.9 Å². The Balaban J connectivity index is 1.87. The Morgan fingerprint density at radius 3 is 2.91 bits per heavy atom. The normalized spacial score (nSPS) is 22.1. The lowest BCUT2D eigenvalue weighted by Gasteiger charge is -2.38. The monoisotopic (exact) mass is 298 g/mol. The highest BCUT2D eigenvalue weighted by Gasteiger charge is 2.35. The van der Waals surface area contributed by atoms with Gasteiger partial charge in [0.1, 0.15) is 0 Å². The van der Waals surface area contributed by atoms with E-state index in [4.69, 9.17) is 0 Å². The summed E-state index contributed by atoms with van der Waals surface area (Å²) in [6.45, 7) is 2.00. The van der Waals surface area contributed by atoms with E-state index in [2.05, 4.69) is 16.4 Å². The van der Waals surface area contributed by atoms with Crippen molar-refractivity contribution >= 4 is 16.8 Å². The van der Waals surface area contributed by atoms with Crippen LogP contribution in [-0.4, -0.2) is 22.1 Å². The summed E-state index contributed by atoms with van der Waals surface area (Å²) in [4.78, 5) is 16.5. The summed E-state index contributed by atoms with van der Waals surface area (Å²) in [6, 6.07) is 10.0. The highest BCUT2D eigenvalue weighted by atomic mass is 16.3. The third-order valence-corrected chi connectivity index (χ3v) is 4.39. The maximum atomic E-state index is 12.0. The van der Waals surface area contributed by atoms with Gasteiger partial charge in [0.25, 0.3) is 0 Å². The molecular formula is C18H22N2O2. The van der Waals surface area contributed by atoms with E-state index in [-0.39, 0.29) is 18.1 Å². The van der Waals surface area contributed by atoms with Crippen LogP contribution in [0.3, 0.4) is 0 Å². The largest absolute Gasteiger partial charge is 0.393 e. The molecular weight excluding hydrogens is 276 g/mol. The van der Waals surface area contributed by atoms with E-state index in [0.717, 1.165) is 35.7 Å². The molecule has 1 unspecified atom stereocenters. The van der Waals surface area contributed by atoms with Gasteiger partial charge in [-0.2, -0.15) is 0 Å². The lowest BCUT2D eigenvalue weighted by atomic mass is 9.75. The number of rotatable bonds is 5. The van der Waals surface area contributed by atoms with Crippen LogP contribution in [0.25, 0.3) is 10.9 Å². The Bertz CT molecular complexity index is 665. The molecule has 1 aromatic carbocycles. The number of carbonyl (C=O) groups excluding carboxylic acids is 1. The summed E-state index contributed by atoms with van der Waals surface area (Å²) in [5.74, 6) is 0.362. The molecule has 1 atom stereocenters. The van der Waals surface area contributed by atoms with Crippen LogP contribution in [0, 0.1) is 5.92 Å². The third kappa shape index (κ3) is 3.12. The SMILES string of the molecule is CCCC(=O)NC(c1cnc2ccccc2c1)C1CC(O)C1. The molecule has 1 fully saturated rings. The lowest BCUT2D eigenvalue weighted by molar-refractivity contribution is -0.123. The molecule has 2 aromatic rings. The number of aliphatic hydroxyl groups excluding tert-OH is 1. The Hall–Kier alpha value is -1.94. The number of carbonyl (C=O) groups is 1. The van der Waals surface area contributed by atoms with Crippen LogP contribution < -0.4 is 5.32 Å². The van der Waals surface area contributed by atoms with Crippen LogP contribution in [-0.2, 0) is 4.79 Å². The minimum absolute atomic E-state index is 0.0560. The zero-order chi connectivity index (χ0) is 15.5. The summed E-state index contributed by atoms with van der Waals surface area (Å²) in [7, 11) is 0. The van der Waals surface area contributed by atoms with E-state index in [9.17, 15) is 9.90 Å². The zero-order valence-corrected chi connectivity index (χ0v) is 12.8. The fourth-order valence-electron chi connectivity index (χ4n) is 3.11. The predicted molar refractivity (Wildman–Crippen MR) is 86.3 cm³/mol. The maximum absolute atomic E-state index is 12.0. The molecule has 22 heavy (non-hydrogen) atoms. The van der Waals surface area contributed by atoms with Gasteiger partial charge in [0.15, 0.2) is 0 Å². The average molecular weight is 298 g/mol. The second-order valence-corrected chi connectivity index (χ2v) is 6.14. The molecule has 2 N–H and O–H groups in total. The Labute approximate surface area is 130 Å². The van der Waals surface area contributed by atoms with E-state index < -0.39 is 0 Å². The van der Waals surface area contributed by atoms with Gasteiger partial charge in [0.2, 0.25) is 5.91 Å². The van der Waals surface area contributed by atoms with E-state index in [1.165, 1.54) is 0 Å². The van der Waals surface area contributed by atoms with Gasteiger partial charge in [0.05, 0.1) is 17.7 Å². The second-order valence-electron chi connectivity index (χ2n) is 6.14. The van der Waals surface area contributed by atoms with Crippen molar-refractivity contribution in [2.75, 3.05) is 0 Å². The molecule has 4 nitrogen and oxygen atoms in total. The van der Waals surface area contributed by atoms with E-state index >= 15 is 0 Å². The van der Waals surface area contributed by atoms with E-state index in [0.29, 0.717) is 12.3 Å². The first-order valence-corrected chi connectivity index (χ1v) is 7.99. The predicted octanol–water partition coefficient (Wildman–Crippen LogP) is 2.96. The minimum atomic E-state index is -0.232.